The summed E-state index contributed by atoms with van der Waals surface area (Å²) in [7, 11) is -2.75. The second-order valence-corrected chi connectivity index (χ2v) is 11.3. The molecule has 0 amide bonds. The minimum Gasteiger partial charge on any atom is -0.447 e. The summed E-state index contributed by atoms with van der Waals surface area (Å²) in [6, 6.07) is 8.67. The molecule has 1 aromatic carbocycles. The maximum absolute atomic E-state index is 13.5. The van der Waals surface area contributed by atoms with Crippen LogP contribution in [0.5, 0.6) is 0 Å². The van der Waals surface area contributed by atoms with Crippen LogP contribution in [0.2, 0.25) is 5.02 Å². The fourth-order valence-corrected chi connectivity index (χ4v) is 4.17. The zero-order chi connectivity index (χ0) is 20.0. The number of benzene rings is 1. The first-order valence-corrected chi connectivity index (χ1v) is 10.6. The summed E-state index contributed by atoms with van der Waals surface area (Å²) in [5.74, 6) is 5.07. The molecule has 1 unspecified atom stereocenters. The molecule has 0 saturated heterocycles. The second-order valence-electron chi connectivity index (χ2n) is 8.00. The molecular weight excluding hydrogens is 384 g/mol. The molecular formula is C20H23ClN2O3S. The molecule has 0 aliphatic rings. The van der Waals surface area contributed by atoms with Gasteiger partial charge in [0.05, 0.1) is 0 Å². The molecule has 0 saturated carbocycles. The fraction of sp³-hybridized carbons (Fsp3) is 0.350. The Balaban J connectivity index is 1.97. The van der Waals surface area contributed by atoms with E-state index >= 15 is 0 Å². The van der Waals surface area contributed by atoms with E-state index in [1.54, 1.807) is 38.1 Å². The van der Waals surface area contributed by atoms with Crippen molar-refractivity contribution in [2.24, 2.45) is 0 Å². The van der Waals surface area contributed by atoms with Gasteiger partial charge in [-0.15, -0.1) is 0 Å². The fourth-order valence-electron chi connectivity index (χ4n) is 2.51. The van der Waals surface area contributed by atoms with Gasteiger partial charge in [0.25, 0.3) is 0 Å². The lowest BCUT2D eigenvalue weighted by Crippen LogP contribution is -2.29. The molecule has 7 heteroatoms. The number of hydrogen-bond donors (Lipinski definition) is 0. The Bertz CT molecular complexity index is 1060. The van der Waals surface area contributed by atoms with Crippen molar-refractivity contribution in [3.63, 3.8) is 0 Å². The van der Waals surface area contributed by atoms with Crippen LogP contribution >= 0.6 is 11.6 Å². The van der Waals surface area contributed by atoms with Crippen molar-refractivity contribution in [2.75, 3.05) is 0 Å². The minimum absolute atomic E-state index is 0.159. The zero-order valence-corrected chi connectivity index (χ0v) is 17.6. The zero-order valence-electron chi connectivity index (χ0n) is 16.1. The van der Waals surface area contributed by atoms with Gasteiger partial charge in [0.2, 0.25) is 5.89 Å². The van der Waals surface area contributed by atoms with Gasteiger partial charge >= 0.3 is 0 Å². The van der Waals surface area contributed by atoms with E-state index in [0.717, 1.165) is 5.76 Å². The topological polar surface area (TPSA) is 69.1 Å². The number of aromatic nitrogens is 2. The van der Waals surface area contributed by atoms with E-state index in [1.807, 2.05) is 26.8 Å². The van der Waals surface area contributed by atoms with Crippen molar-refractivity contribution in [2.45, 2.75) is 49.7 Å². The molecule has 27 heavy (non-hydrogen) atoms. The van der Waals surface area contributed by atoms with E-state index in [9.17, 15) is 4.21 Å². The first kappa shape index (κ1) is 19.7. The van der Waals surface area contributed by atoms with Gasteiger partial charge in [-0.1, -0.05) is 37.5 Å². The molecule has 0 spiro atoms. The Hall–Kier alpha value is -2.05. The van der Waals surface area contributed by atoms with Crippen molar-refractivity contribution in [3.05, 3.63) is 53.3 Å². The molecule has 0 fully saturated rings. The lowest BCUT2D eigenvalue weighted by atomic mass is 9.93. The van der Waals surface area contributed by atoms with Gasteiger partial charge in [0.15, 0.2) is 0 Å². The Labute approximate surface area is 164 Å². The van der Waals surface area contributed by atoms with Gasteiger partial charge in [-0.25, -0.2) is 4.98 Å². The van der Waals surface area contributed by atoms with Crippen LogP contribution in [0.3, 0.4) is 0 Å². The maximum atomic E-state index is 13.5. The highest BCUT2D eigenvalue weighted by Crippen LogP contribution is 2.36. The molecule has 2 heterocycles. The molecule has 3 rings (SSSR count). The van der Waals surface area contributed by atoms with Crippen LogP contribution in [0.15, 0.2) is 50.4 Å². The summed E-state index contributed by atoms with van der Waals surface area (Å²) < 4.78 is 23.7. The predicted octanol–water partition coefficient (Wildman–Crippen LogP) is 5.29. The highest BCUT2D eigenvalue weighted by Gasteiger charge is 2.37. The third-order valence-corrected chi connectivity index (χ3v) is 7.66. The van der Waals surface area contributed by atoms with Crippen molar-refractivity contribution in [1.82, 2.24) is 10.1 Å². The van der Waals surface area contributed by atoms with E-state index < -0.39 is 14.3 Å². The predicted molar refractivity (Wildman–Crippen MR) is 109 cm³/mol. The van der Waals surface area contributed by atoms with Gasteiger partial charge < -0.3 is 8.94 Å². The van der Waals surface area contributed by atoms with Gasteiger partial charge in [-0.05, 0) is 44.0 Å². The number of hydrogen-bond acceptors (Lipinski definition) is 5. The standard InChI is InChI=1S/C20H23ClN2O3S/c1-19(2,3)17-11-15(23-26-17)16-12-25-18(22-16)20(4,5)27(6,24)14-9-7-13(21)8-10-14/h7-12H,6H2,1-5H3. The van der Waals surface area contributed by atoms with Gasteiger partial charge in [0, 0.05) is 30.9 Å². The smallest absolute Gasteiger partial charge is 0.212 e. The molecule has 1 atom stereocenters. The lowest BCUT2D eigenvalue weighted by molar-refractivity contribution is 0.330. The highest BCUT2D eigenvalue weighted by atomic mass is 35.5. The highest BCUT2D eigenvalue weighted by molar-refractivity contribution is 8.01. The van der Waals surface area contributed by atoms with Gasteiger partial charge in [-0.2, -0.15) is 0 Å². The number of nitrogens with zero attached hydrogens (tertiary/aromatic N) is 2. The Morgan fingerprint density at radius 3 is 2.26 bits per heavy atom. The van der Waals surface area contributed by atoms with E-state index in [0.29, 0.717) is 27.2 Å². The van der Waals surface area contributed by atoms with E-state index in [-0.39, 0.29) is 5.41 Å². The summed E-state index contributed by atoms with van der Waals surface area (Å²) in [5, 5.41) is 4.65. The monoisotopic (exact) mass is 406 g/mol. The van der Waals surface area contributed by atoms with Crippen molar-refractivity contribution >= 4 is 27.0 Å². The normalized spacial score (nSPS) is 14.9. The summed E-state index contributed by atoms with van der Waals surface area (Å²) in [6.07, 6.45) is 1.50. The van der Waals surface area contributed by atoms with E-state index in [1.165, 1.54) is 6.26 Å². The second kappa shape index (κ2) is 6.53. The molecule has 3 aromatic rings. The van der Waals surface area contributed by atoms with Gasteiger partial charge in [0.1, 0.15) is 28.2 Å². The average molecular weight is 407 g/mol. The van der Waals surface area contributed by atoms with Crippen LogP contribution in [-0.2, 0) is 19.7 Å². The van der Waals surface area contributed by atoms with Crippen LogP contribution in [0.4, 0.5) is 0 Å². The molecule has 0 bridgehead atoms. The largest absolute Gasteiger partial charge is 0.447 e. The quantitative estimate of drug-likeness (QED) is 0.550. The van der Waals surface area contributed by atoms with Crippen LogP contribution in [0.1, 0.15) is 46.3 Å². The summed E-state index contributed by atoms with van der Waals surface area (Å²) in [5.41, 5.74) is 0.948. The molecule has 0 radical (unpaired) electrons. The molecule has 5 nitrogen and oxygen atoms in total. The Kier molecular flexibility index (Phi) is 4.77. The van der Waals surface area contributed by atoms with E-state index in [2.05, 4.69) is 16.0 Å². The van der Waals surface area contributed by atoms with Crippen LogP contribution < -0.4 is 0 Å². The lowest BCUT2D eigenvalue weighted by Gasteiger charge is -2.26. The Morgan fingerprint density at radius 1 is 1.07 bits per heavy atom. The third kappa shape index (κ3) is 3.56. The van der Waals surface area contributed by atoms with Crippen LogP contribution in [0.25, 0.3) is 11.4 Å². The molecule has 0 N–H and O–H groups in total. The summed E-state index contributed by atoms with van der Waals surface area (Å²) >= 11 is 5.94. The van der Waals surface area contributed by atoms with Crippen LogP contribution in [-0.4, -0.2) is 20.2 Å². The van der Waals surface area contributed by atoms with Crippen molar-refractivity contribution in [1.29, 1.82) is 0 Å². The number of halogens is 1. The third-order valence-electron chi connectivity index (χ3n) is 4.55. The van der Waals surface area contributed by atoms with Crippen molar-refractivity contribution in [3.8, 4) is 11.4 Å². The summed E-state index contributed by atoms with van der Waals surface area (Å²) in [6.45, 7) is 9.72. The first-order valence-electron chi connectivity index (χ1n) is 8.49. The maximum Gasteiger partial charge on any atom is 0.212 e. The molecule has 0 aliphatic heterocycles. The van der Waals surface area contributed by atoms with Gasteiger partial charge in [-0.3, -0.25) is 4.21 Å². The number of rotatable bonds is 4. The SMILES string of the molecule is C=S(=O)(c1ccc(Cl)cc1)C(C)(C)c1nc(-c2cc(C(C)(C)C)on2)co1. The van der Waals surface area contributed by atoms with E-state index in [4.69, 9.17) is 20.5 Å². The molecule has 0 aliphatic carbocycles. The average Bonchev–Trinajstić information content (AvgIpc) is 3.24. The number of oxazole rings is 1. The molecule has 2 aromatic heterocycles. The minimum atomic E-state index is -2.75. The first-order chi connectivity index (χ1) is 12.4. The molecule has 144 valence electrons. The van der Waals surface area contributed by atoms with Crippen molar-refractivity contribution < 1.29 is 13.1 Å². The Morgan fingerprint density at radius 2 is 1.70 bits per heavy atom. The van der Waals surface area contributed by atoms with Crippen LogP contribution in [0, 0.1) is 0 Å². The summed E-state index contributed by atoms with van der Waals surface area (Å²) in [4.78, 5) is 5.11.